The maximum atomic E-state index is 13.8. The molecule has 0 radical (unpaired) electrons. The van der Waals surface area contributed by atoms with E-state index in [1.54, 1.807) is 19.1 Å². The number of Topliss-reactive ketones (excluding diaryl/α,β-unsaturated/α-hetero) is 1. The number of fused-ring (bicyclic) bond motifs is 1. The largest absolute Gasteiger partial charge is 0.503 e. The van der Waals surface area contributed by atoms with Gasteiger partial charge in [0.2, 0.25) is 5.43 Å². The molecule has 0 bridgehead atoms. The summed E-state index contributed by atoms with van der Waals surface area (Å²) in [5, 5.41) is 12.7. The van der Waals surface area contributed by atoms with Crippen molar-refractivity contribution >= 4 is 11.7 Å². The molecule has 2 atom stereocenters. The standard InChI is InChI=1S/C22H22F2N2O5/c1-3-4-7-31-17-11-26-10-15(20(28)21(29)18(26)19(27)12(17)2)22(30)25-9-13-5-6-14(23)8-16(13)24/h3-6,8,10,12,17,29H,7,9,11H2,1-2H3,(H,25,30). The Labute approximate surface area is 177 Å². The van der Waals surface area contributed by atoms with Gasteiger partial charge in [0.1, 0.15) is 22.9 Å². The van der Waals surface area contributed by atoms with Gasteiger partial charge in [-0.15, -0.1) is 0 Å². The lowest BCUT2D eigenvalue weighted by Gasteiger charge is -2.31. The fourth-order valence-electron chi connectivity index (χ4n) is 3.36. The molecule has 1 aliphatic rings. The predicted molar refractivity (Wildman–Crippen MR) is 108 cm³/mol. The fourth-order valence-corrected chi connectivity index (χ4v) is 3.36. The minimum atomic E-state index is -1.00. The Morgan fingerprint density at radius 2 is 2.10 bits per heavy atom. The molecule has 0 saturated heterocycles. The van der Waals surface area contributed by atoms with E-state index in [9.17, 15) is 28.3 Å². The highest BCUT2D eigenvalue weighted by molar-refractivity contribution is 6.01. The Morgan fingerprint density at radius 1 is 1.35 bits per heavy atom. The molecule has 3 rings (SSSR count). The number of rotatable bonds is 6. The zero-order valence-corrected chi connectivity index (χ0v) is 17.0. The van der Waals surface area contributed by atoms with Gasteiger partial charge in [-0.1, -0.05) is 25.1 Å². The van der Waals surface area contributed by atoms with Gasteiger partial charge in [-0.2, -0.15) is 0 Å². The second kappa shape index (κ2) is 9.22. The van der Waals surface area contributed by atoms with E-state index in [4.69, 9.17) is 4.74 Å². The molecule has 2 N–H and O–H groups in total. The molecule has 0 saturated carbocycles. The molecule has 31 heavy (non-hydrogen) atoms. The Balaban J connectivity index is 1.86. The summed E-state index contributed by atoms with van der Waals surface area (Å²) in [7, 11) is 0. The first kappa shape index (κ1) is 22.4. The summed E-state index contributed by atoms with van der Waals surface area (Å²) >= 11 is 0. The molecule has 1 amide bonds. The highest BCUT2D eigenvalue weighted by Gasteiger charge is 2.36. The van der Waals surface area contributed by atoms with Crippen molar-refractivity contribution in [1.29, 1.82) is 0 Å². The van der Waals surface area contributed by atoms with Crippen molar-refractivity contribution in [2.24, 2.45) is 5.92 Å². The number of ether oxygens (including phenoxy) is 1. The van der Waals surface area contributed by atoms with E-state index >= 15 is 0 Å². The Kier molecular flexibility index (Phi) is 6.65. The van der Waals surface area contributed by atoms with Crippen molar-refractivity contribution in [3.8, 4) is 5.75 Å². The molecular weight excluding hydrogens is 410 g/mol. The molecule has 1 aromatic carbocycles. The van der Waals surface area contributed by atoms with Gasteiger partial charge in [-0.25, -0.2) is 8.78 Å². The first-order chi connectivity index (χ1) is 14.7. The molecule has 1 aliphatic heterocycles. The number of carbonyl (C=O) groups excluding carboxylic acids is 2. The number of carbonyl (C=O) groups is 2. The summed E-state index contributed by atoms with van der Waals surface area (Å²) in [6.45, 7) is 3.63. The van der Waals surface area contributed by atoms with Gasteiger partial charge < -0.3 is 19.7 Å². The number of nitrogens with one attached hydrogen (secondary N) is 1. The number of pyridine rings is 1. The summed E-state index contributed by atoms with van der Waals surface area (Å²) in [6, 6.07) is 2.90. The van der Waals surface area contributed by atoms with Crippen molar-refractivity contribution < 1.29 is 28.2 Å². The summed E-state index contributed by atoms with van der Waals surface area (Å²) < 4.78 is 33.8. The topological polar surface area (TPSA) is 97.6 Å². The molecule has 2 heterocycles. The summed E-state index contributed by atoms with van der Waals surface area (Å²) in [5.41, 5.74) is -1.56. The van der Waals surface area contributed by atoms with Crippen molar-refractivity contribution in [1.82, 2.24) is 9.88 Å². The predicted octanol–water partition coefficient (Wildman–Crippen LogP) is 2.56. The second-order valence-electron chi connectivity index (χ2n) is 7.23. The molecule has 0 aliphatic carbocycles. The number of hydrogen-bond acceptors (Lipinski definition) is 5. The van der Waals surface area contributed by atoms with E-state index in [-0.39, 0.29) is 31.0 Å². The second-order valence-corrected chi connectivity index (χ2v) is 7.23. The average molecular weight is 432 g/mol. The van der Waals surface area contributed by atoms with Crippen LogP contribution in [0.5, 0.6) is 5.75 Å². The number of aromatic hydroxyl groups is 1. The summed E-state index contributed by atoms with van der Waals surface area (Å²) in [6.07, 6.45) is 4.26. The van der Waals surface area contributed by atoms with Crippen LogP contribution in [0.2, 0.25) is 0 Å². The van der Waals surface area contributed by atoms with Crippen LogP contribution < -0.4 is 10.7 Å². The smallest absolute Gasteiger partial charge is 0.257 e. The third-order valence-electron chi connectivity index (χ3n) is 5.18. The average Bonchev–Trinajstić information content (AvgIpc) is 2.73. The number of allylic oxidation sites excluding steroid dienone is 1. The van der Waals surface area contributed by atoms with Crippen LogP contribution in [0, 0.1) is 17.6 Å². The van der Waals surface area contributed by atoms with E-state index in [2.05, 4.69) is 5.32 Å². The maximum absolute atomic E-state index is 13.8. The van der Waals surface area contributed by atoms with Crippen molar-refractivity contribution in [3.05, 3.63) is 75.2 Å². The lowest BCUT2D eigenvalue weighted by molar-refractivity contribution is 0.0142. The molecule has 164 valence electrons. The normalized spacial score (nSPS) is 18.3. The molecular formula is C22H22F2N2O5. The molecule has 2 unspecified atom stereocenters. The number of ketones is 1. The number of aromatic nitrogens is 1. The van der Waals surface area contributed by atoms with E-state index in [1.807, 2.05) is 6.92 Å². The van der Waals surface area contributed by atoms with Gasteiger partial charge >= 0.3 is 0 Å². The van der Waals surface area contributed by atoms with Crippen molar-refractivity contribution in [2.45, 2.75) is 33.0 Å². The summed E-state index contributed by atoms with van der Waals surface area (Å²) in [5.74, 6) is -4.33. The first-order valence-electron chi connectivity index (χ1n) is 9.70. The molecule has 1 aromatic heterocycles. The Bertz CT molecular complexity index is 1110. The SMILES string of the molecule is CC=CCOC1Cn2cc(C(=O)NCc3ccc(F)cc3F)c(=O)c(O)c2C(=O)C1C. The molecule has 9 heteroatoms. The van der Waals surface area contributed by atoms with Gasteiger partial charge in [-0.3, -0.25) is 14.4 Å². The molecule has 2 aromatic rings. The van der Waals surface area contributed by atoms with Gasteiger partial charge in [0.05, 0.1) is 12.7 Å². The zero-order chi connectivity index (χ0) is 22.7. The number of halogens is 2. The molecule has 7 nitrogen and oxygen atoms in total. The highest BCUT2D eigenvalue weighted by Crippen LogP contribution is 2.27. The number of benzene rings is 1. The highest BCUT2D eigenvalue weighted by atomic mass is 19.1. The zero-order valence-electron chi connectivity index (χ0n) is 17.0. The van der Waals surface area contributed by atoms with E-state index in [0.717, 1.165) is 6.07 Å². The minimum absolute atomic E-state index is 0.0264. The Hall–Kier alpha value is -3.33. The van der Waals surface area contributed by atoms with Gasteiger partial charge in [0.25, 0.3) is 5.91 Å². The van der Waals surface area contributed by atoms with Gasteiger partial charge in [0.15, 0.2) is 11.5 Å². The lowest BCUT2D eigenvalue weighted by atomic mass is 9.91. The number of amides is 1. The van der Waals surface area contributed by atoms with E-state index in [0.29, 0.717) is 6.07 Å². The Morgan fingerprint density at radius 3 is 2.77 bits per heavy atom. The monoisotopic (exact) mass is 432 g/mol. The number of hydrogen-bond donors (Lipinski definition) is 2. The van der Waals surface area contributed by atoms with Crippen LogP contribution in [-0.4, -0.2) is 34.1 Å². The van der Waals surface area contributed by atoms with Crippen molar-refractivity contribution in [3.63, 3.8) is 0 Å². The fraction of sp³-hybridized carbons (Fsp3) is 0.318. The van der Waals surface area contributed by atoms with Crippen LogP contribution in [0.25, 0.3) is 0 Å². The lowest BCUT2D eigenvalue weighted by Crippen LogP contribution is -2.41. The van der Waals surface area contributed by atoms with Crippen LogP contribution in [0.15, 0.2) is 41.3 Å². The van der Waals surface area contributed by atoms with Crippen LogP contribution in [-0.2, 0) is 17.8 Å². The minimum Gasteiger partial charge on any atom is -0.503 e. The van der Waals surface area contributed by atoms with Gasteiger partial charge in [-0.05, 0) is 13.0 Å². The van der Waals surface area contributed by atoms with Crippen LogP contribution in [0.4, 0.5) is 8.78 Å². The van der Waals surface area contributed by atoms with Gasteiger partial charge in [0, 0.05) is 36.8 Å². The first-order valence-corrected chi connectivity index (χ1v) is 9.70. The third-order valence-corrected chi connectivity index (χ3v) is 5.18. The van der Waals surface area contributed by atoms with Crippen LogP contribution in [0.3, 0.4) is 0 Å². The van der Waals surface area contributed by atoms with Crippen LogP contribution in [0.1, 0.15) is 40.3 Å². The molecule has 0 fully saturated rings. The summed E-state index contributed by atoms with van der Waals surface area (Å²) in [4.78, 5) is 37.7. The number of nitrogens with zero attached hydrogens (tertiary/aromatic N) is 1. The quantitative estimate of drug-likeness (QED) is 0.684. The molecule has 0 spiro atoms. The van der Waals surface area contributed by atoms with E-state index < -0.39 is 52.1 Å². The maximum Gasteiger partial charge on any atom is 0.257 e. The van der Waals surface area contributed by atoms with E-state index in [1.165, 1.54) is 16.8 Å². The van der Waals surface area contributed by atoms with Crippen molar-refractivity contribution in [2.75, 3.05) is 6.61 Å². The third kappa shape index (κ3) is 4.56. The van der Waals surface area contributed by atoms with Crippen LogP contribution >= 0.6 is 0 Å².